The van der Waals surface area contributed by atoms with E-state index in [1.54, 1.807) is 0 Å². The van der Waals surface area contributed by atoms with Crippen LogP contribution < -0.4 is 0 Å². The van der Waals surface area contributed by atoms with Crippen LogP contribution in [-0.4, -0.2) is 14.0 Å². The zero-order valence-corrected chi connectivity index (χ0v) is 11.3. The third-order valence-corrected chi connectivity index (χ3v) is 3.65. The molecule has 0 bridgehead atoms. The average molecular weight is 272 g/mol. The number of nitriles is 1. The number of rotatable bonds is 2. The first-order valence-electron chi connectivity index (χ1n) is 6.75. The van der Waals surface area contributed by atoms with Crippen molar-refractivity contribution >= 4 is 16.6 Å². The molecule has 0 saturated carbocycles. The molecule has 0 aliphatic rings. The average Bonchev–Trinajstić information content (AvgIpc) is 3.10. The van der Waals surface area contributed by atoms with Crippen LogP contribution in [-0.2, 0) is 6.54 Å². The minimum Gasteiger partial charge on any atom is -0.341 e. The monoisotopic (exact) mass is 272 g/mol. The molecule has 0 fully saturated rings. The summed E-state index contributed by atoms with van der Waals surface area (Å²) in [7, 11) is 0. The molecule has 0 spiro atoms. The summed E-state index contributed by atoms with van der Waals surface area (Å²) in [5.74, 6) is 0. The van der Waals surface area contributed by atoms with Crippen molar-refractivity contribution in [3.8, 4) is 6.07 Å². The molecule has 0 N–H and O–H groups in total. The van der Waals surface area contributed by atoms with Gasteiger partial charge in [0.25, 0.3) is 0 Å². The molecule has 0 aliphatic heterocycles. The summed E-state index contributed by atoms with van der Waals surface area (Å²) in [4.78, 5) is 4.62. The maximum atomic E-state index is 8.95. The predicted octanol–water partition coefficient (Wildman–Crippen LogP) is 3.21. The Bertz CT molecular complexity index is 952. The van der Waals surface area contributed by atoms with Gasteiger partial charge in [-0.25, -0.2) is 4.98 Å². The lowest BCUT2D eigenvalue weighted by Crippen LogP contribution is -1.97. The molecule has 4 aromatic rings. The van der Waals surface area contributed by atoms with Gasteiger partial charge in [-0.1, -0.05) is 6.07 Å². The van der Waals surface area contributed by atoms with Gasteiger partial charge < -0.3 is 8.97 Å². The van der Waals surface area contributed by atoms with E-state index in [0.717, 1.165) is 28.8 Å². The predicted molar refractivity (Wildman–Crippen MR) is 80.9 cm³/mol. The maximum absolute atomic E-state index is 8.95. The Morgan fingerprint density at radius 1 is 1.10 bits per heavy atom. The minimum atomic E-state index is 0.688. The number of benzene rings is 1. The molecule has 4 heteroatoms. The summed E-state index contributed by atoms with van der Waals surface area (Å²) >= 11 is 0. The Kier molecular flexibility index (Phi) is 2.51. The van der Waals surface area contributed by atoms with Crippen LogP contribution in [0.15, 0.2) is 61.1 Å². The summed E-state index contributed by atoms with van der Waals surface area (Å²) in [6.45, 7) is 0.719. The number of aromatic nitrogens is 3. The molecule has 0 atom stereocenters. The van der Waals surface area contributed by atoms with Gasteiger partial charge in [0.15, 0.2) is 0 Å². The molecule has 3 aromatic heterocycles. The highest BCUT2D eigenvalue weighted by atomic mass is 15.0. The Balaban J connectivity index is 1.75. The van der Waals surface area contributed by atoms with Crippen LogP contribution in [0.4, 0.5) is 0 Å². The highest BCUT2D eigenvalue weighted by Crippen LogP contribution is 2.18. The van der Waals surface area contributed by atoms with Crippen molar-refractivity contribution in [2.45, 2.75) is 6.54 Å². The van der Waals surface area contributed by atoms with E-state index < -0.39 is 0 Å². The first-order valence-corrected chi connectivity index (χ1v) is 6.75. The standard InChI is InChI=1S/C17H12N4/c18-10-13-4-5-16-14(9-13)6-8-20(16)11-15-12-21-7-2-1-3-17(21)19-15/h1-9,12H,11H2. The fourth-order valence-corrected chi connectivity index (χ4v) is 2.65. The van der Waals surface area contributed by atoms with Crippen molar-refractivity contribution in [2.24, 2.45) is 0 Å². The molecule has 0 radical (unpaired) electrons. The summed E-state index contributed by atoms with van der Waals surface area (Å²) < 4.78 is 4.17. The van der Waals surface area contributed by atoms with Crippen LogP contribution in [0, 0.1) is 11.3 Å². The van der Waals surface area contributed by atoms with Gasteiger partial charge in [0.1, 0.15) is 5.65 Å². The first-order chi connectivity index (χ1) is 10.3. The highest BCUT2D eigenvalue weighted by Gasteiger charge is 2.05. The second kappa shape index (κ2) is 4.50. The molecule has 0 saturated heterocycles. The van der Waals surface area contributed by atoms with Gasteiger partial charge in [-0.15, -0.1) is 0 Å². The van der Waals surface area contributed by atoms with E-state index in [4.69, 9.17) is 5.26 Å². The molecule has 0 unspecified atom stereocenters. The Morgan fingerprint density at radius 3 is 2.90 bits per heavy atom. The van der Waals surface area contributed by atoms with Crippen LogP contribution in [0.5, 0.6) is 0 Å². The van der Waals surface area contributed by atoms with Gasteiger partial charge in [-0.05, 0) is 36.4 Å². The molecule has 0 amide bonds. The molecule has 0 aliphatic carbocycles. The molecule has 3 heterocycles. The van der Waals surface area contributed by atoms with E-state index in [0.29, 0.717) is 5.56 Å². The van der Waals surface area contributed by atoms with Crippen molar-refractivity contribution in [1.29, 1.82) is 5.26 Å². The third kappa shape index (κ3) is 1.96. The lowest BCUT2D eigenvalue weighted by atomic mass is 10.2. The van der Waals surface area contributed by atoms with Gasteiger partial charge in [0, 0.05) is 29.5 Å². The van der Waals surface area contributed by atoms with Gasteiger partial charge >= 0.3 is 0 Å². The minimum absolute atomic E-state index is 0.688. The van der Waals surface area contributed by atoms with Crippen molar-refractivity contribution in [2.75, 3.05) is 0 Å². The van der Waals surface area contributed by atoms with Crippen LogP contribution in [0.25, 0.3) is 16.6 Å². The first kappa shape index (κ1) is 11.7. The second-order valence-electron chi connectivity index (χ2n) is 5.03. The van der Waals surface area contributed by atoms with Crippen molar-refractivity contribution in [3.63, 3.8) is 0 Å². The summed E-state index contributed by atoms with van der Waals surface area (Å²) in [6, 6.07) is 15.9. The Hall–Kier alpha value is -3.06. The van der Waals surface area contributed by atoms with E-state index in [2.05, 4.69) is 15.6 Å². The summed E-state index contributed by atoms with van der Waals surface area (Å²) in [6.07, 6.45) is 6.08. The van der Waals surface area contributed by atoms with E-state index in [1.807, 2.05) is 65.5 Å². The lowest BCUT2D eigenvalue weighted by Gasteiger charge is -2.02. The zero-order chi connectivity index (χ0) is 14.2. The molecular formula is C17H12N4. The lowest BCUT2D eigenvalue weighted by molar-refractivity contribution is 0.815. The highest BCUT2D eigenvalue weighted by molar-refractivity contribution is 5.81. The van der Waals surface area contributed by atoms with E-state index >= 15 is 0 Å². The number of hydrogen-bond acceptors (Lipinski definition) is 2. The maximum Gasteiger partial charge on any atom is 0.137 e. The quantitative estimate of drug-likeness (QED) is 0.562. The van der Waals surface area contributed by atoms with Crippen LogP contribution in [0.2, 0.25) is 0 Å². The second-order valence-corrected chi connectivity index (χ2v) is 5.03. The van der Waals surface area contributed by atoms with Crippen molar-refractivity contribution < 1.29 is 0 Å². The van der Waals surface area contributed by atoms with E-state index in [9.17, 15) is 0 Å². The number of imidazole rings is 1. The van der Waals surface area contributed by atoms with Gasteiger partial charge in [-0.2, -0.15) is 5.26 Å². The summed E-state index contributed by atoms with van der Waals surface area (Å²) in [5.41, 5.74) is 3.78. The smallest absolute Gasteiger partial charge is 0.137 e. The van der Waals surface area contributed by atoms with Crippen molar-refractivity contribution in [3.05, 3.63) is 72.3 Å². The van der Waals surface area contributed by atoms with Crippen LogP contribution in [0.3, 0.4) is 0 Å². The fraction of sp³-hybridized carbons (Fsp3) is 0.0588. The third-order valence-electron chi connectivity index (χ3n) is 3.65. The molecular weight excluding hydrogens is 260 g/mol. The number of pyridine rings is 1. The van der Waals surface area contributed by atoms with E-state index in [-0.39, 0.29) is 0 Å². The number of hydrogen-bond donors (Lipinski definition) is 0. The fourth-order valence-electron chi connectivity index (χ4n) is 2.65. The molecule has 100 valence electrons. The molecule has 4 rings (SSSR count). The Labute approximate surface area is 121 Å². The SMILES string of the molecule is N#Cc1ccc2c(ccn2Cc2cn3ccccc3n2)c1. The van der Waals surface area contributed by atoms with Crippen LogP contribution in [0.1, 0.15) is 11.3 Å². The van der Waals surface area contributed by atoms with Crippen LogP contribution >= 0.6 is 0 Å². The molecule has 4 nitrogen and oxygen atoms in total. The molecule has 21 heavy (non-hydrogen) atoms. The van der Waals surface area contributed by atoms with Gasteiger partial charge in [0.2, 0.25) is 0 Å². The zero-order valence-electron chi connectivity index (χ0n) is 11.3. The number of nitrogens with zero attached hydrogens (tertiary/aromatic N) is 4. The normalized spacial score (nSPS) is 11.0. The molecule has 1 aromatic carbocycles. The number of fused-ring (bicyclic) bond motifs is 2. The van der Waals surface area contributed by atoms with Crippen molar-refractivity contribution in [1.82, 2.24) is 14.0 Å². The van der Waals surface area contributed by atoms with Gasteiger partial charge in [0.05, 0.1) is 23.9 Å². The topological polar surface area (TPSA) is 46.0 Å². The largest absolute Gasteiger partial charge is 0.341 e. The summed E-state index contributed by atoms with van der Waals surface area (Å²) in [5, 5.41) is 10.0. The van der Waals surface area contributed by atoms with Gasteiger partial charge in [-0.3, -0.25) is 0 Å². The van der Waals surface area contributed by atoms with E-state index in [1.165, 1.54) is 0 Å². The Morgan fingerprint density at radius 2 is 2.05 bits per heavy atom.